The number of hydrogen-bond donors (Lipinski definition) is 1. The van der Waals surface area contributed by atoms with Crippen LogP contribution in [0.25, 0.3) is 0 Å². The molecule has 3 heterocycles. The third-order valence-electron chi connectivity index (χ3n) is 3.77. The number of rotatable bonds is 1. The Hall–Kier alpha value is -0.940. The van der Waals surface area contributed by atoms with Gasteiger partial charge in [0.15, 0.2) is 0 Å². The van der Waals surface area contributed by atoms with E-state index in [0.717, 1.165) is 41.8 Å². The zero-order chi connectivity index (χ0) is 12.0. The highest BCUT2D eigenvalue weighted by Crippen LogP contribution is 2.29. The van der Waals surface area contributed by atoms with E-state index in [4.69, 9.17) is 0 Å². The average molecular weight is 251 g/mol. The van der Waals surface area contributed by atoms with E-state index in [1.807, 2.05) is 18.7 Å². The van der Waals surface area contributed by atoms with Crippen molar-refractivity contribution in [3.63, 3.8) is 0 Å². The lowest BCUT2D eigenvalue weighted by Crippen LogP contribution is -2.31. The molecule has 2 aliphatic heterocycles. The largest absolute Gasteiger partial charge is 0.337 e. The molecule has 0 unspecified atom stereocenters. The van der Waals surface area contributed by atoms with Gasteiger partial charge >= 0.3 is 0 Å². The molecule has 1 N–H and O–H groups in total. The highest BCUT2D eigenvalue weighted by atomic mass is 32.1. The van der Waals surface area contributed by atoms with Crippen molar-refractivity contribution < 1.29 is 4.79 Å². The molecule has 3 rings (SSSR count). The van der Waals surface area contributed by atoms with E-state index < -0.39 is 0 Å². The Labute approximate surface area is 105 Å². The Morgan fingerprint density at radius 3 is 2.53 bits per heavy atom. The van der Waals surface area contributed by atoms with Crippen LogP contribution in [0.15, 0.2) is 0 Å². The Bertz CT molecular complexity index is 445. The normalized spacial score (nSPS) is 27.5. The summed E-state index contributed by atoms with van der Waals surface area (Å²) in [6, 6.07) is 0. The second-order valence-electron chi connectivity index (χ2n) is 5.04. The fourth-order valence-electron chi connectivity index (χ4n) is 2.89. The van der Waals surface area contributed by atoms with Crippen LogP contribution in [-0.2, 0) is 0 Å². The minimum Gasteiger partial charge on any atom is -0.337 e. The lowest BCUT2D eigenvalue weighted by molar-refractivity contribution is 0.0785. The van der Waals surface area contributed by atoms with E-state index in [1.165, 1.54) is 11.3 Å². The summed E-state index contributed by atoms with van der Waals surface area (Å²) >= 11 is 1.52. The molecule has 5 heteroatoms. The second kappa shape index (κ2) is 4.07. The van der Waals surface area contributed by atoms with Crippen LogP contribution in [0, 0.1) is 25.7 Å². The standard InChI is InChI=1S/C12H17N3OS/c1-7-11(17-8(2)14-7)12(16)15-5-9-3-13-4-10(9)6-15/h9-10,13H,3-6H2,1-2H3/t9-,10+. The number of carbonyl (C=O) groups excluding carboxylic acids is 1. The van der Waals surface area contributed by atoms with Gasteiger partial charge in [0.1, 0.15) is 4.88 Å². The van der Waals surface area contributed by atoms with E-state index in [-0.39, 0.29) is 5.91 Å². The number of aromatic nitrogens is 1. The maximum Gasteiger partial charge on any atom is 0.265 e. The molecule has 0 aliphatic carbocycles. The summed E-state index contributed by atoms with van der Waals surface area (Å²) < 4.78 is 0. The van der Waals surface area contributed by atoms with Gasteiger partial charge in [0, 0.05) is 26.2 Å². The molecule has 0 spiro atoms. The molecule has 2 saturated heterocycles. The molecule has 1 aromatic rings. The third-order valence-corrected chi connectivity index (χ3v) is 4.84. The Balaban J connectivity index is 1.77. The van der Waals surface area contributed by atoms with Crippen molar-refractivity contribution in [3.8, 4) is 0 Å². The molecule has 1 amide bonds. The van der Waals surface area contributed by atoms with Gasteiger partial charge in [-0.15, -0.1) is 11.3 Å². The van der Waals surface area contributed by atoms with Gasteiger partial charge in [-0.25, -0.2) is 4.98 Å². The molecule has 0 radical (unpaired) electrons. The van der Waals surface area contributed by atoms with Gasteiger partial charge in [-0.1, -0.05) is 0 Å². The monoisotopic (exact) mass is 251 g/mol. The van der Waals surface area contributed by atoms with E-state index in [1.54, 1.807) is 0 Å². The van der Waals surface area contributed by atoms with Crippen LogP contribution in [0.5, 0.6) is 0 Å². The van der Waals surface area contributed by atoms with Crippen LogP contribution in [0.4, 0.5) is 0 Å². The van der Waals surface area contributed by atoms with E-state index in [9.17, 15) is 4.79 Å². The highest BCUT2D eigenvalue weighted by molar-refractivity contribution is 7.13. The number of carbonyl (C=O) groups is 1. The van der Waals surface area contributed by atoms with Crippen molar-refractivity contribution in [3.05, 3.63) is 15.6 Å². The molecule has 2 fully saturated rings. The number of nitrogens with zero attached hydrogens (tertiary/aromatic N) is 2. The predicted molar refractivity (Wildman–Crippen MR) is 67.3 cm³/mol. The molecule has 2 atom stereocenters. The van der Waals surface area contributed by atoms with Crippen LogP contribution in [0.2, 0.25) is 0 Å². The minimum absolute atomic E-state index is 0.183. The van der Waals surface area contributed by atoms with Crippen molar-refractivity contribution in [1.29, 1.82) is 0 Å². The fourth-order valence-corrected chi connectivity index (χ4v) is 3.78. The van der Waals surface area contributed by atoms with Crippen LogP contribution in [0.1, 0.15) is 20.4 Å². The topological polar surface area (TPSA) is 45.2 Å². The molecular formula is C12H17N3OS. The minimum atomic E-state index is 0.183. The van der Waals surface area contributed by atoms with Gasteiger partial charge in [0.2, 0.25) is 0 Å². The number of fused-ring (bicyclic) bond motifs is 1. The Morgan fingerprint density at radius 2 is 2.00 bits per heavy atom. The van der Waals surface area contributed by atoms with Gasteiger partial charge in [-0.3, -0.25) is 4.79 Å². The molecule has 17 heavy (non-hydrogen) atoms. The maximum atomic E-state index is 12.4. The number of aryl methyl sites for hydroxylation is 2. The highest BCUT2D eigenvalue weighted by Gasteiger charge is 2.38. The molecular weight excluding hydrogens is 234 g/mol. The zero-order valence-electron chi connectivity index (χ0n) is 10.2. The predicted octanol–water partition coefficient (Wildman–Crippen LogP) is 1.05. The van der Waals surface area contributed by atoms with Gasteiger partial charge in [-0.05, 0) is 25.7 Å². The summed E-state index contributed by atoms with van der Waals surface area (Å²) in [5, 5.41) is 4.37. The summed E-state index contributed by atoms with van der Waals surface area (Å²) in [7, 11) is 0. The lowest BCUT2D eigenvalue weighted by Gasteiger charge is -2.16. The summed E-state index contributed by atoms with van der Waals surface area (Å²) in [6.07, 6.45) is 0. The first-order valence-electron chi connectivity index (χ1n) is 6.09. The van der Waals surface area contributed by atoms with Crippen molar-refractivity contribution in [2.24, 2.45) is 11.8 Å². The number of amides is 1. The molecule has 0 saturated carbocycles. The molecule has 2 aliphatic rings. The second-order valence-corrected chi connectivity index (χ2v) is 6.24. The number of thiazole rings is 1. The first-order valence-corrected chi connectivity index (χ1v) is 6.91. The fraction of sp³-hybridized carbons (Fsp3) is 0.667. The average Bonchev–Trinajstić information content (AvgIpc) is 2.90. The zero-order valence-corrected chi connectivity index (χ0v) is 11.0. The van der Waals surface area contributed by atoms with Gasteiger partial charge < -0.3 is 10.2 Å². The van der Waals surface area contributed by atoms with Crippen LogP contribution >= 0.6 is 11.3 Å². The van der Waals surface area contributed by atoms with Crippen LogP contribution in [0.3, 0.4) is 0 Å². The Morgan fingerprint density at radius 1 is 1.35 bits per heavy atom. The van der Waals surface area contributed by atoms with Crippen molar-refractivity contribution in [1.82, 2.24) is 15.2 Å². The van der Waals surface area contributed by atoms with E-state index in [0.29, 0.717) is 11.8 Å². The maximum absolute atomic E-state index is 12.4. The van der Waals surface area contributed by atoms with Crippen molar-refractivity contribution >= 4 is 17.2 Å². The van der Waals surface area contributed by atoms with Crippen LogP contribution in [-0.4, -0.2) is 42.0 Å². The number of likely N-dealkylation sites (tertiary alicyclic amines) is 1. The summed E-state index contributed by atoms with van der Waals surface area (Å²) in [4.78, 5) is 19.6. The van der Waals surface area contributed by atoms with Crippen LogP contribution < -0.4 is 5.32 Å². The summed E-state index contributed by atoms with van der Waals surface area (Å²) in [5.74, 6) is 1.50. The van der Waals surface area contributed by atoms with Gasteiger partial charge in [-0.2, -0.15) is 0 Å². The first-order chi connectivity index (χ1) is 8.15. The summed E-state index contributed by atoms with van der Waals surface area (Å²) in [5.41, 5.74) is 0.882. The van der Waals surface area contributed by atoms with E-state index in [2.05, 4.69) is 10.3 Å². The smallest absolute Gasteiger partial charge is 0.265 e. The van der Waals surface area contributed by atoms with Crippen molar-refractivity contribution in [2.75, 3.05) is 26.2 Å². The molecule has 1 aromatic heterocycles. The molecule has 0 aromatic carbocycles. The summed E-state index contributed by atoms with van der Waals surface area (Å²) in [6.45, 7) is 7.83. The first kappa shape index (κ1) is 11.2. The quantitative estimate of drug-likeness (QED) is 0.811. The Kier molecular flexibility index (Phi) is 2.67. The SMILES string of the molecule is Cc1nc(C)c(C(=O)N2C[C@H]3CNC[C@H]3C2)s1. The van der Waals surface area contributed by atoms with Gasteiger partial charge in [0.25, 0.3) is 5.91 Å². The third kappa shape index (κ3) is 1.87. The molecule has 4 nitrogen and oxygen atoms in total. The van der Waals surface area contributed by atoms with Gasteiger partial charge in [0.05, 0.1) is 10.7 Å². The lowest BCUT2D eigenvalue weighted by atomic mass is 10.0. The van der Waals surface area contributed by atoms with Crippen molar-refractivity contribution in [2.45, 2.75) is 13.8 Å². The molecule has 0 bridgehead atoms. The molecule has 92 valence electrons. The van der Waals surface area contributed by atoms with E-state index >= 15 is 0 Å². The number of hydrogen-bond acceptors (Lipinski definition) is 4. The number of nitrogens with one attached hydrogen (secondary N) is 1.